The van der Waals surface area contributed by atoms with Crippen molar-refractivity contribution in [3.8, 4) is 11.5 Å². The molecule has 132 valence electrons. The van der Waals surface area contributed by atoms with Gasteiger partial charge in [-0.3, -0.25) is 9.59 Å². The van der Waals surface area contributed by atoms with E-state index >= 15 is 0 Å². The molecular weight excluding hydrogens is 320 g/mol. The summed E-state index contributed by atoms with van der Waals surface area (Å²) in [5.41, 5.74) is 3.02. The first kappa shape index (κ1) is 18.3. The molecule has 0 saturated carbocycles. The van der Waals surface area contributed by atoms with Gasteiger partial charge in [-0.1, -0.05) is 0 Å². The second-order valence-electron chi connectivity index (χ2n) is 5.62. The molecule has 0 aliphatic heterocycles. The van der Waals surface area contributed by atoms with Crippen molar-refractivity contribution in [3.63, 3.8) is 0 Å². The van der Waals surface area contributed by atoms with Gasteiger partial charge in [0.15, 0.2) is 0 Å². The maximum absolute atomic E-state index is 12.3. The van der Waals surface area contributed by atoms with Crippen LogP contribution in [0.3, 0.4) is 0 Å². The van der Waals surface area contributed by atoms with Crippen LogP contribution in [0.4, 0.5) is 11.4 Å². The highest BCUT2D eigenvalue weighted by Gasteiger charge is 2.13. The molecule has 0 fully saturated rings. The Balaban J connectivity index is 2.08. The molecule has 0 aliphatic carbocycles. The number of aryl methyl sites for hydroxylation is 1. The predicted molar refractivity (Wildman–Crippen MR) is 97.4 cm³/mol. The van der Waals surface area contributed by atoms with Crippen molar-refractivity contribution in [2.24, 2.45) is 0 Å². The first-order valence-electron chi connectivity index (χ1n) is 7.82. The van der Waals surface area contributed by atoms with E-state index in [1.807, 2.05) is 19.1 Å². The van der Waals surface area contributed by atoms with Crippen molar-refractivity contribution in [3.05, 3.63) is 47.5 Å². The van der Waals surface area contributed by atoms with E-state index < -0.39 is 0 Å². The smallest absolute Gasteiger partial charge is 0.228 e. The highest BCUT2D eigenvalue weighted by Crippen LogP contribution is 2.28. The predicted octanol–water partition coefficient (Wildman–Crippen LogP) is 3.15. The number of benzene rings is 2. The lowest BCUT2D eigenvalue weighted by Crippen LogP contribution is -2.15. The standard InChI is InChI=1S/C19H22N2O4/c1-12-9-18(25-4)14(10-17(12)24-3)11-19(23)21-16-7-5-15(6-8-16)20-13(2)22/h5-10H,11H2,1-4H3,(H,20,22)(H,21,23). The van der Waals surface area contributed by atoms with Crippen molar-refractivity contribution in [2.75, 3.05) is 24.9 Å². The first-order chi connectivity index (χ1) is 11.9. The Bertz CT molecular complexity index is 770. The van der Waals surface area contributed by atoms with E-state index in [0.717, 1.165) is 11.1 Å². The molecule has 0 radical (unpaired) electrons. The SMILES string of the molecule is COc1cc(CC(=O)Nc2ccc(NC(C)=O)cc2)c(OC)cc1C. The number of hydrogen-bond donors (Lipinski definition) is 2. The van der Waals surface area contributed by atoms with Gasteiger partial charge in [0.05, 0.1) is 20.6 Å². The van der Waals surface area contributed by atoms with Gasteiger partial charge in [0.25, 0.3) is 0 Å². The molecule has 6 heteroatoms. The summed E-state index contributed by atoms with van der Waals surface area (Å²) in [4.78, 5) is 23.3. The minimum Gasteiger partial charge on any atom is -0.496 e. The molecule has 2 aromatic rings. The fraction of sp³-hybridized carbons (Fsp3) is 0.263. The normalized spacial score (nSPS) is 10.1. The fourth-order valence-electron chi connectivity index (χ4n) is 2.47. The zero-order valence-corrected chi connectivity index (χ0v) is 14.8. The summed E-state index contributed by atoms with van der Waals surface area (Å²) in [5.74, 6) is 1.05. The molecule has 0 aliphatic rings. The Labute approximate surface area is 147 Å². The van der Waals surface area contributed by atoms with Crippen molar-refractivity contribution in [1.29, 1.82) is 0 Å². The topological polar surface area (TPSA) is 76.7 Å². The third-order valence-corrected chi connectivity index (χ3v) is 3.64. The lowest BCUT2D eigenvalue weighted by atomic mass is 10.1. The van der Waals surface area contributed by atoms with Gasteiger partial charge in [-0.2, -0.15) is 0 Å². The molecular formula is C19H22N2O4. The summed E-state index contributed by atoms with van der Waals surface area (Å²) >= 11 is 0. The highest BCUT2D eigenvalue weighted by atomic mass is 16.5. The van der Waals surface area contributed by atoms with Crippen LogP contribution < -0.4 is 20.1 Å². The first-order valence-corrected chi connectivity index (χ1v) is 7.82. The molecule has 0 saturated heterocycles. The molecule has 0 spiro atoms. The molecule has 0 unspecified atom stereocenters. The number of amides is 2. The van der Waals surface area contributed by atoms with Gasteiger partial charge in [0.2, 0.25) is 11.8 Å². The van der Waals surface area contributed by atoms with Gasteiger partial charge in [-0.05, 0) is 48.9 Å². The number of carbonyl (C=O) groups excluding carboxylic acids is 2. The molecule has 2 aromatic carbocycles. The summed E-state index contributed by atoms with van der Waals surface area (Å²) in [6.07, 6.45) is 0.160. The minimum absolute atomic E-state index is 0.141. The Morgan fingerprint density at radius 1 is 0.920 bits per heavy atom. The van der Waals surface area contributed by atoms with Crippen molar-refractivity contribution < 1.29 is 19.1 Å². The van der Waals surface area contributed by atoms with Gasteiger partial charge in [-0.15, -0.1) is 0 Å². The third kappa shape index (κ3) is 4.97. The molecule has 2 N–H and O–H groups in total. The number of methoxy groups -OCH3 is 2. The zero-order valence-electron chi connectivity index (χ0n) is 14.8. The fourth-order valence-corrected chi connectivity index (χ4v) is 2.47. The summed E-state index contributed by atoms with van der Waals surface area (Å²) in [6.45, 7) is 3.36. The van der Waals surface area contributed by atoms with Crippen LogP contribution in [0.5, 0.6) is 11.5 Å². The van der Waals surface area contributed by atoms with E-state index in [1.165, 1.54) is 6.92 Å². The molecule has 0 bridgehead atoms. The molecule has 0 atom stereocenters. The lowest BCUT2D eigenvalue weighted by molar-refractivity contribution is -0.116. The Morgan fingerprint density at radius 2 is 1.48 bits per heavy atom. The Kier molecular flexibility index (Phi) is 6.00. The van der Waals surface area contributed by atoms with E-state index in [-0.39, 0.29) is 18.2 Å². The van der Waals surface area contributed by atoms with Crippen LogP contribution in [0, 0.1) is 6.92 Å². The monoisotopic (exact) mass is 342 g/mol. The van der Waals surface area contributed by atoms with Crippen LogP contribution in [0.25, 0.3) is 0 Å². The van der Waals surface area contributed by atoms with Gasteiger partial charge in [0.1, 0.15) is 11.5 Å². The van der Waals surface area contributed by atoms with Gasteiger partial charge < -0.3 is 20.1 Å². The van der Waals surface area contributed by atoms with Gasteiger partial charge in [-0.25, -0.2) is 0 Å². The lowest BCUT2D eigenvalue weighted by Gasteiger charge is -2.13. The van der Waals surface area contributed by atoms with Crippen LogP contribution in [0.15, 0.2) is 36.4 Å². The number of nitrogens with one attached hydrogen (secondary N) is 2. The Hall–Kier alpha value is -3.02. The van der Waals surface area contributed by atoms with Gasteiger partial charge >= 0.3 is 0 Å². The van der Waals surface area contributed by atoms with Crippen molar-refractivity contribution in [1.82, 2.24) is 0 Å². The third-order valence-electron chi connectivity index (χ3n) is 3.64. The average molecular weight is 342 g/mol. The van der Waals surface area contributed by atoms with E-state index in [4.69, 9.17) is 9.47 Å². The van der Waals surface area contributed by atoms with E-state index in [9.17, 15) is 9.59 Å². The largest absolute Gasteiger partial charge is 0.496 e. The number of carbonyl (C=O) groups is 2. The number of rotatable bonds is 6. The Morgan fingerprint density at radius 3 is 2.00 bits per heavy atom. The number of anilines is 2. The zero-order chi connectivity index (χ0) is 18.4. The van der Waals surface area contributed by atoms with Crippen LogP contribution in [0.1, 0.15) is 18.1 Å². The summed E-state index contributed by atoms with van der Waals surface area (Å²) in [6, 6.07) is 10.6. The van der Waals surface area contributed by atoms with Gasteiger partial charge in [0, 0.05) is 23.9 Å². The maximum Gasteiger partial charge on any atom is 0.228 e. The average Bonchev–Trinajstić information content (AvgIpc) is 2.57. The summed E-state index contributed by atoms with van der Waals surface area (Å²) in [5, 5.41) is 5.50. The van der Waals surface area contributed by atoms with Crippen LogP contribution in [-0.4, -0.2) is 26.0 Å². The second-order valence-corrected chi connectivity index (χ2v) is 5.62. The quantitative estimate of drug-likeness (QED) is 0.845. The maximum atomic E-state index is 12.3. The number of hydrogen-bond acceptors (Lipinski definition) is 4. The second kappa shape index (κ2) is 8.19. The van der Waals surface area contributed by atoms with Crippen molar-refractivity contribution in [2.45, 2.75) is 20.3 Å². The van der Waals surface area contributed by atoms with E-state index in [1.54, 1.807) is 38.5 Å². The molecule has 2 rings (SSSR count). The minimum atomic E-state index is -0.170. The molecule has 25 heavy (non-hydrogen) atoms. The highest BCUT2D eigenvalue weighted by molar-refractivity contribution is 5.93. The van der Waals surface area contributed by atoms with Crippen molar-refractivity contribution >= 4 is 23.2 Å². The van der Waals surface area contributed by atoms with E-state index in [0.29, 0.717) is 22.9 Å². The van der Waals surface area contributed by atoms with Crippen LogP contribution in [0.2, 0.25) is 0 Å². The molecule has 0 aromatic heterocycles. The summed E-state index contributed by atoms with van der Waals surface area (Å²) in [7, 11) is 3.17. The molecule has 2 amide bonds. The molecule has 0 heterocycles. The van der Waals surface area contributed by atoms with E-state index in [2.05, 4.69) is 10.6 Å². The van der Waals surface area contributed by atoms with Crippen LogP contribution in [-0.2, 0) is 16.0 Å². The number of ether oxygens (including phenoxy) is 2. The van der Waals surface area contributed by atoms with Crippen LogP contribution >= 0.6 is 0 Å². The molecule has 6 nitrogen and oxygen atoms in total. The summed E-state index contributed by atoms with van der Waals surface area (Å²) < 4.78 is 10.7.